The van der Waals surface area contributed by atoms with Crippen molar-refractivity contribution in [1.29, 1.82) is 0 Å². The number of nitrogens with one attached hydrogen (secondary N) is 2. The Balaban J connectivity index is 2.06. The Kier molecular flexibility index (Phi) is 6.91. The van der Waals surface area contributed by atoms with Crippen LogP contribution >= 0.6 is 0 Å². The maximum absolute atomic E-state index is 12.4. The third kappa shape index (κ3) is 6.38. The molecule has 2 aromatic rings. The SMILES string of the molecule is C=C(CC(NOC(=O)C(C)(C)C)c1ccccc1)C(=O)Nc1ccccc1. The molecule has 0 spiro atoms. The molecule has 27 heavy (non-hydrogen) atoms. The number of amides is 1. The predicted octanol–water partition coefficient (Wildman–Crippen LogP) is 4.41. The third-order valence-electron chi connectivity index (χ3n) is 3.91. The van der Waals surface area contributed by atoms with Crippen LogP contribution in [-0.2, 0) is 14.4 Å². The molecule has 142 valence electrons. The normalized spacial score (nSPS) is 12.1. The first-order valence-corrected chi connectivity index (χ1v) is 8.83. The molecular weight excluding hydrogens is 340 g/mol. The number of carbonyl (C=O) groups excluding carboxylic acids is 2. The van der Waals surface area contributed by atoms with Crippen LogP contribution in [0.5, 0.6) is 0 Å². The van der Waals surface area contributed by atoms with E-state index >= 15 is 0 Å². The summed E-state index contributed by atoms with van der Waals surface area (Å²) in [5, 5.41) is 2.81. The maximum Gasteiger partial charge on any atom is 0.330 e. The van der Waals surface area contributed by atoms with Crippen molar-refractivity contribution in [3.8, 4) is 0 Å². The topological polar surface area (TPSA) is 67.4 Å². The number of benzene rings is 2. The van der Waals surface area contributed by atoms with Gasteiger partial charge in [0.2, 0.25) is 0 Å². The molecule has 1 amide bonds. The summed E-state index contributed by atoms with van der Waals surface area (Å²) in [5.74, 6) is -0.645. The summed E-state index contributed by atoms with van der Waals surface area (Å²) in [6.07, 6.45) is 0.292. The van der Waals surface area contributed by atoms with Gasteiger partial charge in [0, 0.05) is 11.3 Å². The number of hydrogen-bond acceptors (Lipinski definition) is 4. The molecule has 0 heterocycles. The minimum absolute atomic E-state index is 0.272. The molecule has 0 aromatic heterocycles. The molecule has 0 aliphatic heterocycles. The first-order valence-electron chi connectivity index (χ1n) is 8.83. The number of carbonyl (C=O) groups is 2. The molecule has 0 fully saturated rings. The molecule has 0 bridgehead atoms. The molecule has 2 aromatic carbocycles. The molecule has 5 heteroatoms. The summed E-state index contributed by atoms with van der Waals surface area (Å²) < 4.78 is 0. The summed E-state index contributed by atoms with van der Waals surface area (Å²) in [7, 11) is 0. The fraction of sp³-hybridized carbons (Fsp3) is 0.273. The first kappa shape index (κ1) is 20.4. The van der Waals surface area contributed by atoms with Gasteiger partial charge < -0.3 is 10.2 Å². The average Bonchev–Trinajstić information content (AvgIpc) is 2.65. The fourth-order valence-electron chi connectivity index (χ4n) is 2.27. The van der Waals surface area contributed by atoms with Crippen molar-refractivity contribution >= 4 is 17.6 Å². The molecular formula is C22H26N2O3. The molecule has 0 saturated heterocycles. The van der Waals surface area contributed by atoms with E-state index in [0.29, 0.717) is 17.7 Å². The Morgan fingerprint density at radius 2 is 1.56 bits per heavy atom. The number of hydrogen-bond donors (Lipinski definition) is 2. The van der Waals surface area contributed by atoms with Crippen LogP contribution in [-0.4, -0.2) is 11.9 Å². The van der Waals surface area contributed by atoms with Gasteiger partial charge in [-0.05, 0) is 44.9 Å². The molecule has 0 saturated carbocycles. The van der Waals surface area contributed by atoms with Crippen LogP contribution in [0.25, 0.3) is 0 Å². The smallest absolute Gasteiger partial charge is 0.330 e. The van der Waals surface area contributed by atoms with Gasteiger partial charge in [-0.3, -0.25) is 4.79 Å². The molecule has 2 N–H and O–H groups in total. The van der Waals surface area contributed by atoms with E-state index in [4.69, 9.17) is 4.84 Å². The lowest BCUT2D eigenvalue weighted by molar-refractivity contribution is -0.162. The summed E-state index contributed by atoms with van der Waals surface area (Å²) in [6.45, 7) is 9.24. The van der Waals surface area contributed by atoms with Crippen molar-refractivity contribution < 1.29 is 14.4 Å². The third-order valence-corrected chi connectivity index (χ3v) is 3.91. The highest BCUT2D eigenvalue weighted by molar-refractivity contribution is 6.03. The van der Waals surface area contributed by atoms with Crippen LogP contribution in [0.1, 0.15) is 38.8 Å². The van der Waals surface area contributed by atoms with Gasteiger partial charge in [0.1, 0.15) is 0 Å². The Hall–Kier alpha value is -2.92. The summed E-state index contributed by atoms with van der Waals surface area (Å²) in [4.78, 5) is 29.8. The van der Waals surface area contributed by atoms with E-state index in [1.54, 1.807) is 20.8 Å². The molecule has 0 radical (unpaired) electrons. The lowest BCUT2D eigenvalue weighted by Crippen LogP contribution is -2.32. The van der Waals surface area contributed by atoms with Crippen LogP contribution in [0.3, 0.4) is 0 Å². The Morgan fingerprint density at radius 1 is 1.00 bits per heavy atom. The van der Waals surface area contributed by atoms with E-state index in [1.807, 2.05) is 60.7 Å². The second-order valence-corrected chi connectivity index (χ2v) is 7.35. The largest absolute Gasteiger partial charge is 0.370 e. The van der Waals surface area contributed by atoms with E-state index in [1.165, 1.54) is 0 Å². The van der Waals surface area contributed by atoms with E-state index < -0.39 is 5.41 Å². The number of hydroxylamine groups is 1. The van der Waals surface area contributed by atoms with Crippen molar-refractivity contribution in [3.05, 3.63) is 78.4 Å². The van der Waals surface area contributed by atoms with Gasteiger partial charge >= 0.3 is 5.97 Å². The van der Waals surface area contributed by atoms with Gasteiger partial charge in [0.15, 0.2) is 0 Å². The average molecular weight is 366 g/mol. The quantitative estimate of drug-likeness (QED) is 0.563. The zero-order valence-corrected chi connectivity index (χ0v) is 16.0. The monoisotopic (exact) mass is 366 g/mol. The van der Waals surface area contributed by atoms with Gasteiger partial charge in [-0.15, -0.1) is 5.48 Å². The van der Waals surface area contributed by atoms with Gasteiger partial charge in [0.25, 0.3) is 5.91 Å². The number of para-hydroxylation sites is 1. The standard InChI is InChI=1S/C22H26N2O3/c1-16(20(25)23-18-13-9-6-10-14-18)15-19(17-11-7-5-8-12-17)24-27-21(26)22(2,3)4/h5-14,19,24H,1,15H2,2-4H3,(H,23,25). The van der Waals surface area contributed by atoms with Crippen LogP contribution in [0.2, 0.25) is 0 Å². The lowest BCUT2D eigenvalue weighted by Gasteiger charge is -2.22. The van der Waals surface area contributed by atoms with Crippen molar-refractivity contribution in [3.63, 3.8) is 0 Å². The zero-order chi connectivity index (χ0) is 19.9. The van der Waals surface area contributed by atoms with Crippen LogP contribution < -0.4 is 10.8 Å². The van der Waals surface area contributed by atoms with Crippen molar-refractivity contribution in [2.24, 2.45) is 5.41 Å². The zero-order valence-electron chi connectivity index (χ0n) is 16.0. The van der Waals surface area contributed by atoms with E-state index in [9.17, 15) is 9.59 Å². The molecule has 0 aliphatic rings. The van der Waals surface area contributed by atoms with Crippen molar-refractivity contribution in [2.45, 2.75) is 33.2 Å². The molecule has 1 unspecified atom stereocenters. The van der Waals surface area contributed by atoms with E-state index in [2.05, 4.69) is 17.4 Å². The van der Waals surface area contributed by atoms with Gasteiger partial charge in [-0.2, -0.15) is 0 Å². The highest BCUT2D eigenvalue weighted by Crippen LogP contribution is 2.23. The summed E-state index contributed by atoms with van der Waals surface area (Å²) in [6, 6.07) is 18.3. The first-order chi connectivity index (χ1) is 12.8. The van der Waals surface area contributed by atoms with Gasteiger partial charge in [-0.25, -0.2) is 4.79 Å². The van der Waals surface area contributed by atoms with Crippen molar-refractivity contribution in [1.82, 2.24) is 5.48 Å². The minimum Gasteiger partial charge on any atom is -0.370 e. The van der Waals surface area contributed by atoms with Crippen molar-refractivity contribution in [2.75, 3.05) is 5.32 Å². The van der Waals surface area contributed by atoms with Gasteiger partial charge in [-0.1, -0.05) is 55.1 Å². The fourth-order valence-corrected chi connectivity index (χ4v) is 2.27. The summed E-state index contributed by atoms with van der Waals surface area (Å²) in [5.41, 5.74) is 4.15. The lowest BCUT2D eigenvalue weighted by atomic mass is 9.97. The van der Waals surface area contributed by atoms with Crippen LogP contribution in [0, 0.1) is 5.41 Å². The van der Waals surface area contributed by atoms with E-state index in [-0.39, 0.29) is 17.9 Å². The second kappa shape index (κ2) is 9.14. The number of rotatable bonds is 7. The predicted molar refractivity (Wildman–Crippen MR) is 107 cm³/mol. The Labute approximate surface area is 160 Å². The molecule has 5 nitrogen and oxygen atoms in total. The van der Waals surface area contributed by atoms with Gasteiger partial charge in [0.05, 0.1) is 11.5 Å². The molecule has 0 aliphatic carbocycles. The minimum atomic E-state index is -0.629. The van der Waals surface area contributed by atoms with Crippen LogP contribution in [0.4, 0.5) is 5.69 Å². The second-order valence-electron chi connectivity index (χ2n) is 7.35. The van der Waals surface area contributed by atoms with E-state index in [0.717, 1.165) is 5.56 Å². The Morgan fingerprint density at radius 3 is 2.11 bits per heavy atom. The maximum atomic E-state index is 12.4. The number of anilines is 1. The summed E-state index contributed by atoms with van der Waals surface area (Å²) >= 11 is 0. The van der Waals surface area contributed by atoms with Crippen LogP contribution in [0.15, 0.2) is 72.8 Å². The highest BCUT2D eigenvalue weighted by Gasteiger charge is 2.25. The highest BCUT2D eigenvalue weighted by atomic mass is 16.7. The molecule has 2 rings (SSSR count). The molecule has 1 atom stereocenters. The Bertz CT molecular complexity index is 780.